The van der Waals surface area contributed by atoms with Crippen LogP contribution in [0.25, 0.3) is 11.3 Å². The summed E-state index contributed by atoms with van der Waals surface area (Å²) in [7, 11) is 3.57. The molecule has 166 valence electrons. The molecule has 0 aliphatic carbocycles. The molecule has 0 aliphatic rings. The predicted molar refractivity (Wildman–Crippen MR) is 128 cm³/mol. The summed E-state index contributed by atoms with van der Waals surface area (Å²) in [6, 6.07) is 13.3. The third-order valence-corrected chi connectivity index (χ3v) is 4.97. The molecule has 0 saturated carbocycles. The van der Waals surface area contributed by atoms with Crippen molar-refractivity contribution < 1.29 is 9.53 Å². The van der Waals surface area contributed by atoms with E-state index in [1.807, 2.05) is 54.9 Å². The van der Waals surface area contributed by atoms with Crippen molar-refractivity contribution in [3.05, 3.63) is 78.4 Å². The van der Waals surface area contributed by atoms with Crippen molar-refractivity contribution in [2.75, 3.05) is 25.5 Å². The largest absolute Gasteiger partial charge is 0.497 e. The van der Waals surface area contributed by atoms with E-state index >= 15 is 0 Å². The molecule has 1 amide bonds. The number of imidazole rings is 1. The van der Waals surface area contributed by atoms with Gasteiger partial charge in [0.05, 0.1) is 19.0 Å². The Hall–Kier alpha value is -3.91. The number of aliphatic imine (C=N–C) groups is 1. The molecule has 1 aromatic heterocycles. The number of carbonyl (C=O) groups excluding carboxylic acids is 1. The molecule has 0 fully saturated rings. The maximum absolute atomic E-state index is 12.3. The van der Waals surface area contributed by atoms with E-state index in [1.54, 1.807) is 19.4 Å². The number of hydrogen-bond acceptors (Lipinski definition) is 5. The van der Waals surface area contributed by atoms with Gasteiger partial charge in [-0.2, -0.15) is 0 Å². The van der Waals surface area contributed by atoms with Crippen LogP contribution >= 0.6 is 0 Å². The number of aryl methyl sites for hydroxylation is 1. The van der Waals surface area contributed by atoms with Gasteiger partial charge in [-0.15, -0.1) is 0 Å². The minimum absolute atomic E-state index is 0.146. The van der Waals surface area contributed by atoms with Gasteiger partial charge in [0, 0.05) is 43.2 Å². The number of methoxy groups -OCH3 is 1. The number of amides is 1. The normalized spacial score (nSPS) is 11.2. The first-order chi connectivity index (χ1) is 15.5. The summed E-state index contributed by atoms with van der Waals surface area (Å²) in [5.74, 6) is 1.84. The van der Waals surface area contributed by atoms with Crippen molar-refractivity contribution >= 4 is 17.4 Å². The summed E-state index contributed by atoms with van der Waals surface area (Å²) < 4.78 is 7.19. The summed E-state index contributed by atoms with van der Waals surface area (Å²) in [5, 5.41) is 6.08. The lowest BCUT2D eigenvalue weighted by Gasteiger charge is -2.13. The molecular weight excluding hydrogens is 404 g/mol. The lowest BCUT2D eigenvalue weighted by Crippen LogP contribution is -2.29. The molecule has 0 radical (unpaired) electrons. The highest BCUT2D eigenvalue weighted by molar-refractivity contribution is 6.07. The van der Waals surface area contributed by atoms with E-state index in [-0.39, 0.29) is 5.91 Å². The van der Waals surface area contributed by atoms with Crippen molar-refractivity contribution in [1.29, 1.82) is 0 Å². The van der Waals surface area contributed by atoms with Gasteiger partial charge in [-0.25, -0.2) is 9.98 Å². The Labute approximate surface area is 187 Å². The summed E-state index contributed by atoms with van der Waals surface area (Å²) in [6.07, 6.45) is 3.26. The number of nitrogens with two attached hydrogens (primary N) is 1. The van der Waals surface area contributed by atoms with Crippen molar-refractivity contribution in [2.24, 2.45) is 17.8 Å². The zero-order chi connectivity index (χ0) is 23.1. The Morgan fingerprint density at radius 2 is 2.03 bits per heavy atom. The molecule has 8 heteroatoms. The van der Waals surface area contributed by atoms with Gasteiger partial charge in [0.25, 0.3) is 5.91 Å². The number of amidine groups is 1. The maximum Gasteiger partial charge on any atom is 0.251 e. The van der Waals surface area contributed by atoms with Crippen LogP contribution in [0.15, 0.2) is 66.4 Å². The second-order valence-corrected chi connectivity index (χ2v) is 7.11. The van der Waals surface area contributed by atoms with Crippen LogP contribution < -0.4 is 21.1 Å². The smallest absolute Gasteiger partial charge is 0.251 e. The number of hydrogen-bond donors (Lipinski definition) is 3. The maximum atomic E-state index is 12.3. The van der Waals surface area contributed by atoms with Crippen LogP contribution in [0.5, 0.6) is 5.75 Å². The molecule has 3 aromatic rings. The van der Waals surface area contributed by atoms with Crippen LogP contribution in [0.3, 0.4) is 0 Å². The topological polar surface area (TPSA) is 107 Å². The van der Waals surface area contributed by atoms with E-state index in [4.69, 9.17) is 10.5 Å². The fraction of sp³-hybridized carbons (Fsp3) is 0.208. The molecule has 0 spiro atoms. The van der Waals surface area contributed by atoms with Gasteiger partial charge in [-0.3, -0.25) is 4.79 Å². The Bertz CT molecular complexity index is 1130. The van der Waals surface area contributed by atoms with E-state index < -0.39 is 0 Å². The fourth-order valence-electron chi connectivity index (χ4n) is 3.31. The Balaban J connectivity index is 1.86. The predicted octanol–water partition coefficient (Wildman–Crippen LogP) is 3.09. The average Bonchev–Trinajstić information content (AvgIpc) is 3.18. The molecular formula is C24H28N6O2. The molecule has 0 bridgehead atoms. The molecule has 2 aromatic carbocycles. The van der Waals surface area contributed by atoms with Crippen LogP contribution in [0.2, 0.25) is 0 Å². The molecule has 0 unspecified atom stereocenters. The van der Waals surface area contributed by atoms with Crippen LogP contribution in [0.1, 0.15) is 21.7 Å². The number of benzene rings is 2. The second kappa shape index (κ2) is 10.4. The quantitative estimate of drug-likeness (QED) is 0.375. The van der Waals surface area contributed by atoms with Gasteiger partial charge in [-0.05, 0) is 55.0 Å². The first kappa shape index (κ1) is 22.8. The minimum Gasteiger partial charge on any atom is -0.497 e. The summed E-state index contributed by atoms with van der Waals surface area (Å²) >= 11 is 0. The van der Waals surface area contributed by atoms with Gasteiger partial charge in [0.2, 0.25) is 0 Å². The van der Waals surface area contributed by atoms with E-state index in [1.165, 1.54) is 6.20 Å². The third-order valence-electron chi connectivity index (χ3n) is 4.97. The number of anilines is 1. The Morgan fingerprint density at radius 1 is 1.28 bits per heavy atom. The van der Waals surface area contributed by atoms with Gasteiger partial charge >= 0.3 is 0 Å². The lowest BCUT2D eigenvalue weighted by atomic mass is 10.1. The van der Waals surface area contributed by atoms with Gasteiger partial charge in [-0.1, -0.05) is 6.58 Å². The zero-order valence-corrected chi connectivity index (χ0v) is 18.6. The summed E-state index contributed by atoms with van der Waals surface area (Å²) in [4.78, 5) is 21.2. The molecule has 3 rings (SSSR count). The van der Waals surface area contributed by atoms with E-state index in [9.17, 15) is 4.79 Å². The number of ether oxygens (including phenoxy) is 1. The molecule has 32 heavy (non-hydrogen) atoms. The number of rotatable bonds is 8. The Kier molecular flexibility index (Phi) is 7.41. The average molecular weight is 433 g/mol. The van der Waals surface area contributed by atoms with E-state index in [0.717, 1.165) is 28.3 Å². The number of nitrogens with zero attached hydrogens (tertiary/aromatic N) is 3. The highest BCUT2D eigenvalue weighted by Crippen LogP contribution is 2.24. The summed E-state index contributed by atoms with van der Waals surface area (Å²) in [5.41, 5.74) is 9.62. The molecule has 0 atom stereocenters. The van der Waals surface area contributed by atoms with Crippen LogP contribution in [-0.2, 0) is 7.05 Å². The van der Waals surface area contributed by atoms with Crippen molar-refractivity contribution in [3.8, 4) is 17.0 Å². The van der Waals surface area contributed by atoms with Gasteiger partial charge in [0.15, 0.2) is 11.7 Å². The number of nitrogens with one attached hydrogen (secondary N) is 2. The van der Waals surface area contributed by atoms with Gasteiger partial charge in [0.1, 0.15) is 5.75 Å². The molecule has 0 saturated heterocycles. The monoisotopic (exact) mass is 432 g/mol. The SMILES string of the molecule is C=C/N=C(/Nc1ccc(C(=O)NCCN)c(C)c1)c1ncc(-c2ccc(OC)cc2)n1C. The lowest BCUT2D eigenvalue weighted by molar-refractivity contribution is 0.0954. The number of aromatic nitrogens is 2. The van der Waals surface area contributed by atoms with E-state index in [0.29, 0.717) is 30.3 Å². The third kappa shape index (κ3) is 5.04. The molecule has 1 heterocycles. The van der Waals surface area contributed by atoms with Crippen molar-refractivity contribution in [3.63, 3.8) is 0 Å². The fourth-order valence-corrected chi connectivity index (χ4v) is 3.31. The first-order valence-corrected chi connectivity index (χ1v) is 10.2. The highest BCUT2D eigenvalue weighted by Gasteiger charge is 2.15. The standard InChI is InChI=1S/C24H28N6O2/c1-5-26-22(29-18-8-11-20(16(2)14-18)24(31)27-13-12-25)23-28-15-21(30(23)3)17-6-9-19(32-4)10-7-17/h5-11,14-15H,1,12-13,25H2,2-4H3,(H,26,29)(H,27,31). The van der Waals surface area contributed by atoms with Crippen LogP contribution in [0, 0.1) is 6.92 Å². The van der Waals surface area contributed by atoms with Crippen molar-refractivity contribution in [1.82, 2.24) is 14.9 Å². The molecule has 0 aliphatic heterocycles. The van der Waals surface area contributed by atoms with Gasteiger partial charge < -0.3 is 25.7 Å². The Morgan fingerprint density at radius 3 is 2.66 bits per heavy atom. The van der Waals surface area contributed by atoms with Crippen LogP contribution in [0.4, 0.5) is 5.69 Å². The second-order valence-electron chi connectivity index (χ2n) is 7.11. The first-order valence-electron chi connectivity index (χ1n) is 10.2. The highest BCUT2D eigenvalue weighted by atomic mass is 16.5. The summed E-state index contributed by atoms with van der Waals surface area (Å²) in [6.45, 7) is 6.44. The minimum atomic E-state index is -0.146. The van der Waals surface area contributed by atoms with Crippen LogP contribution in [-0.4, -0.2) is 41.5 Å². The van der Waals surface area contributed by atoms with E-state index in [2.05, 4.69) is 27.2 Å². The molecule has 8 nitrogen and oxygen atoms in total. The zero-order valence-electron chi connectivity index (χ0n) is 18.6. The number of carbonyl (C=O) groups is 1. The molecule has 4 N–H and O–H groups in total. The van der Waals surface area contributed by atoms with Crippen molar-refractivity contribution in [2.45, 2.75) is 6.92 Å².